The first-order chi connectivity index (χ1) is 16.1. The fourth-order valence-corrected chi connectivity index (χ4v) is 2.67. The average Bonchev–Trinajstić information content (AvgIpc) is 3.67. The molecule has 1 aromatic heterocycles. The zero-order chi connectivity index (χ0) is 23.2. The first-order valence-electron chi connectivity index (χ1n) is 9.78. The summed E-state index contributed by atoms with van der Waals surface area (Å²) in [7, 11) is 2.53. The minimum Gasteiger partial charge on any atom is -0.465 e. The summed E-state index contributed by atoms with van der Waals surface area (Å²) in [4.78, 5) is 36.5. The number of rotatable bonds is 9. The lowest BCUT2D eigenvalue weighted by Gasteiger charge is -2.12. The van der Waals surface area contributed by atoms with Crippen LogP contribution in [0.25, 0.3) is 0 Å². The molecule has 3 aromatic rings. The Bertz CT molecular complexity index is 1090. The quantitative estimate of drug-likeness (QED) is 0.350. The molecule has 0 radical (unpaired) electrons. The van der Waals surface area contributed by atoms with Crippen molar-refractivity contribution in [2.45, 2.75) is 6.10 Å². The molecule has 1 saturated heterocycles. The van der Waals surface area contributed by atoms with Crippen LogP contribution in [0.1, 0.15) is 20.7 Å². The predicted molar refractivity (Wildman–Crippen MR) is 111 cm³/mol. The van der Waals surface area contributed by atoms with Crippen molar-refractivity contribution in [3.8, 4) is 29.5 Å². The van der Waals surface area contributed by atoms with Gasteiger partial charge in [-0.2, -0.15) is 0 Å². The molecule has 0 spiro atoms. The minimum atomic E-state index is -0.592. The van der Waals surface area contributed by atoms with Gasteiger partial charge in [0.15, 0.2) is 0 Å². The number of hydrogen-bond donors (Lipinski definition) is 0. The second kappa shape index (κ2) is 9.92. The largest absolute Gasteiger partial charge is 0.465 e. The maximum absolute atomic E-state index is 12.1. The van der Waals surface area contributed by atoms with Crippen LogP contribution in [0.3, 0.4) is 0 Å². The van der Waals surface area contributed by atoms with E-state index in [1.807, 2.05) is 0 Å². The van der Waals surface area contributed by atoms with E-state index in [1.165, 1.54) is 26.4 Å². The van der Waals surface area contributed by atoms with Crippen molar-refractivity contribution < 1.29 is 38.0 Å². The highest BCUT2D eigenvalue weighted by atomic mass is 16.6. The fraction of sp³-hybridized carbons (Fsp3) is 0.227. The highest BCUT2D eigenvalue weighted by Gasteiger charge is 2.25. The van der Waals surface area contributed by atoms with Gasteiger partial charge in [-0.1, -0.05) is 24.3 Å². The summed E-state index contributed by atoms with van der Waals surface area (Å²) in [6.45, 7) is 0.803. The van der Waals surface area contributed by atoms with Gasteiger partial charge < -0.3 is 28.4 Å². The van der Waals surface area contributed by atoms with Gasteiger partial charge in [0.25, 0.3) is 0 Å². The normalized spacial score (nSPS) is 14.2. The molecular weight excluding hydrogens is 434 g/mol. The van der Waals surface area contributed by atoms with Crippen LogP contribution in [0.2, 0.25) is 0 Å². The van der Waals surface area contributed by atoms with E-state index >= 15 is 0 Å². The molecule has 1 fully saturated rings. The average molecular weight is 453 g/mol. The van der Waals surface area contributed by atoms with Gasteiger partial charge in [0.2, 0.25) is 0 Å². The molecule has 4 rings (SSSR count). The number of epoxide rings is 1. The van der Waals surface area contributed by atoms with Crippen LogP contribution in [0.4, 0.5) is 0 Å². The minimum absolute atomic E-state index is 0.0457. The van der Waals surface area contributed by atoms with Crippen LogP contribution in [-0.2, 0) is 14.2 Å². The van der Waals surface area contributed by atoms with Crippen LogP contribution in [0.5, 0.6) is 29.5 Å². The monoisotopic (exact) mass is 453 g/mol. The highest BCUT2D eigenvalue weighted by molar-refractivity contribution is 5.93. The Morgan fingerprint density at radius 3 is 1.73 bits per heavy atom. The number of hydrogen-bond acceptors (Lipinski definition) is 11. The van der Waals surface area contributed by atoms with E-state index in [-0.39, 0.29) is 53.4 Å². The molecule has 1 aliphatic heterocycles. The fourth-order valence-electron chi connectivity index (χ4n) is 2.67. The van der Waals surface area contributed by atoms with E-state index in [0.29, 0.717) is 6.61 Å². The van der Waals surface area contributed by atoms with E-state index in [0.717, 1.165) is 0 Å². The van der Waals surface area contributed by atoms with Gasteiger partial charge >= 0.3 is 30.0 Å². The summed E-state index contributed by atoms with van der Waals surface area (Å²) in [5.74, 6) is -0.864. The Hall–Kier alpha value is -4.25. The molecule has 2 heterocycles. The number of aromatic nitrogens is 3. The van der Waals surface area contributed by atoms with Crippen molar-refractivity contribution in [3.05, 3.63) is 59.7 Å². The SMILES string of the molecule is COC(=O)c1ccccc1Oc1nc(OCC2CO2)nc(Oc2ccccc2C(=O)OC)n1. The molecule has 0 aliphatic carbocycles. The van der Waals surface area contributed by atoms with Crippen LogP contribution in [0, 0.1) is 0 Å². The van der Waals surface area contributed by atoms with Crippen molar-refractivity contribution in [3.63, 3.8) is 0 Å². The van der Waals surface area contributed by atoms with E-state index < -0.39 is 11.9 Å². The van der Waals surface area contributed by atoms with Crippen molar-refractivity contribution in [1.82, 2.24) is 15.0 Å². The van der Waals surface area contributed by atoms with Gasteiger partial charge in [0, 0.05) is 0 Å². The van der Waals surface area contributed by atoms with Crippen LogP contribution in [0.15, 0.2) is 48.5 Å². The Labute approximate surface area is 188 Å². The number of methoxy groups -OCH3 is 2. The molecule has 0 N–H and O–H groups in total. The summed E-state index contributed by atoms with van der Waals surface area (Å²) >= 11 is 0. The number of ether oxygens (including phenoxy) is 6. The molecule has 1 atom stereocenters. The summed E-state index contributed by atoms with van der Waals surface area (Å²) in [6, 6.07) is 12.4. The first-order valence-corrected chi connectivity index (χ1v) is 9.78. The molecule has 33 heavy (non-hydrogen) atoms. The number of esters is 2. The summed E-state index contributed by atoms with van der Waals surface area (Å²) in [5, 5.41) is 0. The van der Waals surface area contributed by atoms with Gasteiger partial charge in [0.1, 0.15) is 35.3 Å². The molecule has 170 valence electrons. The first kappa shape index (κ1) is 22.0. The smallest absolute Gasteiger partial charge is 0.341 e. The van der Waals surface area contributed by atoms with Gasteiger partial charge in [-0.3, -0.25) is 0 Å². The molecular formula is C22H19N3O8. The number of nitrogens with zero attached hydrogens (tertiary/aromatic N) is 3. The highest BCUT2D eigenvalue weighted by Crippen LogP contribution is 2.29. The molecule has 1 aliphatic rings. The molecule has 11 nitrogen and oxygen atoms in total. The Morgan fingerprint density at radius 2 is 1.27 bits per heavy atom. The molecule has 11 heteroatoms. The van der Waals surface area contributed by atoms with Crippen LogP contribution < -0.4 is 14.2 Å². The predicted octanol–water partition coefficient (Wildman–Crippen LogP) is 2.81. The summed E-state index contributed by atoms with van der Waals surface area (Å²) in [6.07, 6.45) is -0.0457. The lowest BCUT2D eigenvalue weighted by Crippen LogP contribution is -2.10. The van der Waals surface area contributed by atoms with E-state index in [4.69, 9.17) is 28.4 Å². The number of carbonyl (C=O) groups excluding carboxylic acids is 2. The zero-order valence-electron chi connectivity index (χ0n) is 17.7. The van der Waals surface area contributed by atoms with Crippen LogP contribution >= 0.6 is 0 Å². The van der Waals surface area contributed by atoms with Crippen molar-refractivity contribution >= 4 is 11.9 Å². The van der Waals surface area contributed by atoms with Crippen molar-refractivity contribution in [2.75, 3.05) is 27.4 Å². The van der Waals surface area contributed by atoms with E-state index in [2.05, 4.69) is 15.0 Å². The maximum atomic E-state index is 12.1. The molecule has 2 aromatic carbocycles. The number of para-hydroxylation sites is 2. The van der Waals surface area contributed by atoms with Gasteiger partial charge in [-0.25, -0.2) is 9.59 Å². The zero-order valence-corrected chi connectivity index (χ0v) is 17.7. The molecule has 1 unspecified atom stereocenters. The number of benzene rings is 2. The summed E-state index contributed by atoms with van der Waals surface area (Å²) < 4.78 is 31.7. The Balaban J connectivity index is 1.66. The topological polar surface area (TPSA) is 131 Å². The van der Waals surface area contributed by atoms with Gasteiger partial charge in [0.05, 0.1) is 20.8 Å². The Kier molecular flexibility index (Phi) is 6.60. The van der Waals surface area contributed by atoms with Crippen molar-refractivity contribution in [2.24, 2.45) is 0 Å². The molecule has 0 saturated carbocycles. The third-order valence-electron chi connectivity index (χ3n) is 4.36. The number of carbonyl (C=O) groups is 2. The third kappa shape index (κ3) is 5.52. The second-order valence-electron chi connectivity index (χ2n) is 6.63. The third-order valence-corrected chi connectivity index (χ3v) is 4.36. The van der Waals surface area contributed by atoms with Gasteiger partial charge in [-0.05, 0) is 24.3 Å². The van der Waals surface area contributed by atoms with Gasteiger partial charge in [-0.15, -0.1) is 15.0 Å². The summed E-state index contributed by atoms with van der Waals surface area (Å²) in [5.41, 5.74) is 0.348. The molecule has 0 bridgehead atoms. The standard InChI is InChI=1S/C22H19N3O8/c1-28-18(26)14-7-3-5-9-16(14)32-21-23-20(31-12-13-11-30-13)24-22(25-21)33-17-10-6-4-8-15(17)19(27)29-2/h3-10,13H,11-12H2,1-2H3. The molecule has 0 amide bonds. The second-order valence-corrected chi connectivity index (χ2v) is 6.63. The van der Waals surface area contributed by atoms with Crippen LogP contribution in [-0.4, -0.2) is 60.4 Å². The lowest BCUT2D eigenvalue weighted by atomic mass is 10.2. The van der Waals surface area contributed by atoms with E-state index in [9.17, 15) is 9.59 Å². The Morgan fingerprint density at radius 1 is 0.818 bits per heavy atom. The van der Waals surface area contributed by atoms with E-state index in [1.54, 1.807) is 36.4 Å². The van der Waals surface area contributed by atoms with Crippen molar-refractivity contribution in [1.29, 1.82) is 0 Å². The maximum Gasteiger partial charge on any atom is 0.341 e. The lowest BCUT2D eigenvalue weighted by molar-refractivity contribution is 0.0588.